The van der Waals surface area contributed by atoms with E-state index in [1.54, 1.807) is 12.3 Å². The Kier molecular flexibility index (Phi) is 5.75. The minimum absolute atomic E-state index is 0.139. The summed E-state index contributed by atoms with van der Waals surface area (Å²) in [7, 11) is 1.93. The Balaban J connectivity index is 2.49. The first-order chi connectivity index (χ1) is 8.83. The minimum Gasteiger partial charge on any atom is -0.461 e. The molecule has 6 heteroatoms. The lowest BCUT2D eigenvalue weighted by Crippen LogP contribution is -2.28. The first-order valence-electron chi connectivity index (χ1n) is 6.31. The molecule has 0 unspecified atom stereocenters. The van der Waals surface area contributed by atoms with Crippen LogP contribution in [0.1, 0.15) is 38.2 Å². The quantitative estimate of drug-likeness (QED) is 0.752. The normalized spacial score (nSPS) is 11.4. The number of carbonyl (C=O) groups excluding carboxylic acids is 1. The fourth-order valence-corrected chi connectivity index (χ4v) is 2.11. The van der Waals surface area contributed by atoms with Crippen LogP contribution in [-0.2, 0) is 9.47 Å². The van der Waals surface area contributed by atoms with Gasteiger partial charge in [-0.1, -0.05) is 0 Å². The summed E-state index contributed by atoms with van der Waals surface area (Å²) in [6.07, 6.45) is 0. The van der Waals surface area contributed by atoms with Gasteiger partial charge in [0.05, 0.1) is 18.8 Å². The molecule has 1 heterocycles. The predicted molar refractivity (Wildman–Crippen MR) is 77.0 cm³/mol. The summed E-state index contributed by atoms with van der Waals surface area (Å²) < 4.78 is 10.6. The van der Waals surface area contributed by atoms with E-state index in [1.807, 2.05) is 32.7 Å². The zero-order valence-corrected chi connectivity index (χ0v) is 13.0. The molecule has 0 bridgehead atoms. The Morgan fingerprint density at radius 2 is 2.16 bits per heavy atom. The van der Waals surface area contributed by atoms with E-state index in [0.29, 0.717) is 18.9 Å². The van der Waals surface area contributed by atoms with Gasteiger partial charge in [0.1, 0.15) is 0 Å². The molecule has 0 aliphatic carbocycles. The van der Waals surface area contributed by atoms with Crippen molar-refractivity contribution < 1.29 is 14.3 Å². The van der Waals surface area contributed by atoms with E-state index in [1.165, 1.54) is 11.3 Å². The molecule has 1 rings (SSSR count). The standard InChI is InChI=1S/C13H22N2O3S/c1-6-17-11(16)10-9-19-12(14-10)15(5)7-8-18-13(2,3)4/h9H,6-8H2,1-5H3. The van der Waals surface area contributed by atoms with Crippen LogP contribution in [0.2, 0.25) is 0 Å². The number of aromatic nitrogens is 1. The van der Waals surface area contributed by atoms with Crippen molar-refractivity contribution in [3.05, 3.63) is 11.1 Å². The lowest BCUT2D eigenvalue weighted by molar-refractivity contribution is 0.00168. The molecule has 0 aliphatic rings. The summed E-state index contributed by atoms with van der Waals surface area (Å²) in [6.45, 7) is 9.56. The second kappa shape index (κ2) is 6.86. The van der Waals surface area contributed by atoms with Crippen LogP contribution >= 0.6 is 11.3 Å². The average Bonchev–Trinajstić information content (AvgIpc) is 2.76. The monoisotopic (exact) mass is 286 g/mol. The highest BCUT2D eigenvalue weighted by molar-refractivity contribution is 7.13. The Morgan fingerprint density at radius 1 is 1.47 bits per heavy atom. The second-order valence-electron chi connectivity index (χ2n) is 5.12. The summed E-state index contributed by atoms with van der Waals surface area (Å²) in [5, 5.41) is 2.51. The first-order valence-corrected chi connectivity index (χ1v) is 7.19. The highest BCUT2D eigenvalue weighted by Crippen LogP contribution is 2.20. The van der Waals surface area contributed by atoms with E-state index in [2.05, 4.69) is 4.98 Å². The van der Waals surface area contributed by atoms with E-state index in [0.717, 1.165) is 11.7 Å². The van der Waals surface area contributed by atoms with Gasteiger partial charge in [0.2, 0.25) is 0 Å². The Hall–Kier alpha value is -1.14. The Labute approximate surface area is 118 Å². The third-order valence-electron chi connectivity index (χ3n) is 2.26. The number of nitrogens with zero attached hydrogens (tertiary/aromatic N) is 2. The van der Waals surface area contributed by atoms with Crippen molar-refractivity contribution in [3.8, 4) is 0 Å². The summed E-state index contributed by atoms with van der Waals surface area (Å²) >= 11 is 1.43. The van der Waals surface area contributed by atoms with E-state index in [4.69, 9.17) is 9.47 Å². The number of ether oxygens (including phenoxy) is 2. The third kappa shape index (κ3) is 5.57. The van der Waals surface area contributed by atoms with Crippen LogP contribution in [0.25, 0.3) is 0 Å². The number of carbonyl (C=O) groups is 1. The van der Waals surface area contributed by atoms with Crippen LogP contribution in [0.4, 0.5) is 5.13 Å². The number of hydrogen-bond donors (Lipinski definition) is 0. The van der Waals surface area contributed by atoms with Crippen LogP contribution in [0.3, 0.4) is 0 Å². The minimum atomic E-state index is -0.371. The Bertz CT molecular complexity index is 412. The van der Waals surface area contributed by atoms with Gasteiger partial charge in [0, 0.05) is 19.0 Å². The van der Waals surface area contributed by atoms with Crippen molar-refractivity contribution in [1.82, 2.24) is 4.98 Å². The smallest absolute Gasteiger partial charge is 0.357 e. The predicted octanol–water partition coefficient (Wildman–Crippen LogP) is 2.57. The molecular weight excluding hydrogens is 264 g/mol. The fourth-order valence-electron chi connectivity index (χ4n) is 1.32. The van der Waals surface area contributed by atoms with Crippen molar-refractivity contribution in [1.29, 1.82) is 0 Å². The molecule has 19 heavy (non-hydrogen) atoms. The summed E-state index contributed by atoms with van der Waals surface area (Å²) in [5.41, 5.74) is 0.227. The maximum atomic E-state index is 11.5. The zero-order chi connectivity index (χ0) is 14.5. The van der Waals surface area contributed by atoms with Gasteiger partial charge in [-0.25, -0.2) is 9.78 Å². The summed E-state index contributed by atoms with van der Waals surface area (Å²) in [6, 6.07) is 0. The van der Waals surface area contributed by atoms with Crippen LogP contribution in [0, 0.1) is 0 Å². The third-order valence-corrected chi connectivity index (χ3v) is 3.22. The van der Waals surface area contributed by atoms with Gasteiger partial charge in [0.15, 0.2) is 10.8 Å². The highest BCUT2D eigenvalue weighted by Gasteiger charge is 2.15. The fraction of sp³-hybridized carbons (Fsp3) is 0.692. The molecule has 1 aromatic heterocycles. The van der Waals surface area contributed by atoms with Crippen LogP contribution in [-0.4, -0.2) is 43.4 Å². The molecule has 0 saturated carbocycles. The van der Waals surface area contributed by atoms with Gasteiger partial charge in [-0.15, -0.1) is 11.3 Å². The molecule has 0 atom stereocenters. The van der Waals surface area contributed by atoms with E-state index < -0.39 is 0 Å². The van der Waals surface area contributed by atoms with Gasteiger partial charge >= 0.3 is 5.97 Å². The SMILES string of the molecule is CCOC(=O)c1csc(N(C)CCOC(C)(C)C)n1. The molecule has 1 aromatic rings. The number of thiazole rings is 1. The molecule has 0 aliphatic heterocycles. The van der Waals surface area contributed by atoms with Crippen molar-refractivity contribution in [2.45, 2.75) is 33.3 Å². The van der Waals surface area contributed by atoms with Crippen molar-refractivity contribution >= 4 is 22.4 Å². The lowest BCUT2D eigenvalue weighted by atomic mass is 10.2. The molecule has 0 N–H and O–H groups in total. The molecule has 0 saturated heterocycles. The zero-order valence-electron chi connectivity index (χ0n) is 12.2. The van der Waals surface area contributed by atoms with Gasteiger partial charge < -0.3 is 14.4 Å². The summed E-state index contributed by atoms with van der Waals surface area (Å²) in [4.78, 5) is 17.7. The van der Waals surface area contributed by atoms with Gasteiger partial charge in [-0.05, 0) is 27.7 Å². The van der Waals surface area contributed by atoms with Gasteiger partial charge in [0.25, 0.3) is 0 Å². The molecule has 0 spiro atoms. The molecule has 5 nitrogen and oxygen atoms in total. The second-order valence-corrected chi connectivity index (χ2v) is 5.95. The van der Waals surface area contributed by atoms with Gasteiger partial charge in [-0.2, -0.15) is 0 Å². The maximum absolute atomic E-state index is 11.5. The Morgan fingerprint density at radius 3 is 2.74 bits per heavy atom. The van der Waals surface area contributed by atoms with Crippen molar-refractivity contribution in [2.75, 3.05) is 31.7 Å². The highest BCUT2D eigenvalue weighted by atomic mass is 32.1. The molecule has 108 valence electrons. The average molecular weight is 286 g/mol. The first kappa shape index (κ1) is 15.9. The van der Waals surface area contributed by atoms with Crippen LogP contribution in [0.5, 0.6) is 0 Å². The largest absolute Gasteiger partial charge is 0.461 e. The van der Waals surface area contributed by atoms with Gasteiger partial charge in [-0.3, -0.25) is 0 Å². The lowest BCUT2D eigenvalue weighted by Gasteiger charge is -2.22. The summed E-state index contributed by atoms with van der Waals surface area (Å²) in [5.74, 6) is -0.371. The molecule has 0 radical (unpaired) electrons. The van der Waals surface area contributed by atoms with Crippen molar-refractivity contribution in [2.24, 2.45) is 0 Å². The van der Waals surface area contributed by atoms with Crippen molar-refractivity contribution in [3.63, 3.8) is 0 Å². The number of hydrogen-bond acceptors (Lipinski definition) is 6. The topological polar surface area (TPSA) is 51.7 Å². The van der Waals surface area contributed by atoms with E-state index in [-0.39, 0.29) is 11.6 Å². The van der Waals surface area contributed by atoms with E-state index >= 15 is 0 Å². The number of anilines is 1. The molecule has 0 fully saturated rings. The molecular formula is C13H22N2O3S. The molecule has 0 aromatic carbocycles. The number of likely N-dealkylation sites (N-methyl/N-ethyl adjacent to an activating group) is 1. The molecule has 0 amide bonds. The van der Waals surface area contributed by atoms with Crippen LogP contribution < -0.4 is 4.90 Å². The van der Waals surface area contributed by atoms with E-state index in [9.17, 15) is 4.79 Å². The van der Waals surface area contributed by atoms with Crippen LogP contribution in [0.15, 0.2) is 5.38 Å². The maximum Gasteiger partial charge on any atom is 0.357 e. The number of rotatable bonds is 6. The number of esters is 1.